The van der Waals surface area contributed by atoms with Gasteiger partial charge in [-0.25, -0.2) is 8.78 Å². The molecule has 0 aliphatic heterocycles. The number of benzene rings is 2. The van der Waals surface area contributed by atoms with Gasteiger partial charge in [0, 0.05) is 27.9 Å². The van der Waals surface area contributed by atoms with Crippen LogP contribution in [0.15, 0.2) is 40.9 Å². The van der Waals surface area contributed by atoms with E-state index in [1.54, 1.807) is 6.92 Å². The van der Waals surface area contributed by atoms with E-state index in [0.29, 0.717) is 10.2 Å². The van der Waals surface area contributed by atoms with Crippen LogP contribution in [-0.2, 0) is 0 Å². The summed E-state index contributed by atoms with van der Waals surface area (Å²) >= 11 is 3.21. The zero-order valence-electron chi connectivity index (χ0n) is 10.9. The summed E-state index contributed by atoms with van der Waals surface area (Å²) in [5.41, 5.74) is 0.675. The average Bonchev–Trinajstić information content (AvgIpc) is 2.43. The highest BCUT2D eigenvalue weighted by molar-refractivity contribution is 9.10. The highest BCUT2D eigenvalue weighted by Crippen LogP contribution is 2.30. The van der Waals surface area contributed by atoms with Crippen LogP contribution in [0.2, 0.25) is 0 Å². The Morgan fingerprint density at radius 2 is 2.00 bits per heavy atom. The van der Waals surface area contributed by atoms with Gasteiger partial charge in [-0.1, -0.05) is 12.1 Å². The maximum atomic E-state index is 13.7. The molecule has 21 heavy (non-hydrogen) atoms. The van der Waals surface area contributed by atoms with Crippen LogP contribution in [0.25, 0.3) is 0 Å². The van der Waals surface area contributed by atoms with Crippen LogP contribution in [-0.4, -0.2) is 4.92 Å². The number of nitrogens with one attached hydrogen (secondary N) is 1. The van der Waals surface area contributed by atoms with Gasteiger partial charge in [-0.05, 0) is 35.0 Å². The number of hydrogen-bond acceptors (Lipinski definition) is 3. The molecule has 110 valence electrons. The summed E-state index contributed by atoms with van der Waals surface area (Å²) in [6, 6.07) is 7.65. The summed E-state index contributed by atoms with van der Waals surface area (Å²) < 4.78 is 27.4. The third kappa shape index (κ3) is 3.36. The van der Waals surface area contributed by atoms with Crippen LogP contribution in [0, 0.1) is 21.7 Å². The van der Waals surface area contributed by atoms with Crippen LogP contribution >= 0.6 is 15.9 Å². The summed E-state index contributed by atoms with van der Waals surface area (Å²) in [5, 5.41) is 13.6. The highest BCUT2D eigenvalue weighted by Gasteiger charge is 2.16. The van der Waals surface area contributed by atoms with E-state index in [1.165, 1.54) is 30.3 Å². The van der Waals surface area contributed by atoms with Gasteiger partial charge in [0.15, 0.2) is 11.6 Å². The number of halogens is 3. The predicted octanol–water partition coefficient (Wildman–Crippen LogP) is 4.81. The number of rotatable bonds is 4. The van der Waals surface area contributed by atoms with E-state index in [4.69, 9.17) is 0 Å². The number of nitro groups is 1. The van der Waals surface area contributed by atoms with E-state index in [2.05, 4.69) is 21.2 Å². The van der Waals surface area contributed by atoms with Gasteiger partial charge in [0.1, 0.15) is 0 Å². The second-order valence-corrected chi connectivity index (χ2v) is 5.28. The zero-order valence-corrected chi connectivity index (χ0v) is 12.5. The Hall–Kier alpha value is -2.02. The molecule has 4 nitrogen and oxygen atoms in total. The minimum absolute atomic E-state index is 0.0583. The Morgan fingerprint density at radius 3 is 2.62 bits per heavy atom. The van der Waals surface area contributed by atoms with Crippen molar-refractivity contribution in [2.24, 2.45) is 0 Å². The average molecular weight is 357 g/mol. The molecule has 1 N–H and O–H groups in total. The summed E-state index contributed by atoms with van der Waals surface area (Å²) in [7, 11) is 0. The smallest absolute Gasteiger partial charge is 0.270 e. The van der Waals surface area contributed by atoms with Crippen molar-refractivity contribution >= 4 is 27.3 Å². The standard InChI is InChI=1S/C14H11BrF2N2O2/c1-8(10-3-2-4-12(16)14(10)17)18-13-6-5-9(19(20)21)7-11(13)15/h2-8,18H,1H3. The summed E-state index contributed by atoms with van der Waals surface area (Å²) in [5.74, 6) is -1.82. The molecular weight excluding hydrogens is 346 g/mol. The van der Waals surface area contributed by atoms with Crippen LogP contribution in [0.3, 0.4) is 0 Å². The molecule has 0 bridgehead atoms. The number of nitro benzene ring substituents is 1. The van der Waals surface area contributed by atoms with Crippen LogP contribution < -0.4 is 5.32 Å². The molecule has 0 aromatic heterocycles. The largest absolute Gasteiger partial charge is 0.377 e. The van der Waals surface area contributed by atoms with Gasteiger partial charge in [-0.15, -0.1) is 0 Å². The topological polar surface area (TPSA) is 55.2 Å². The van der Waals surface area contributed by atoms with Crippen molar-refractivity contribution in [3.05, 3.63) is 68.2 Å². The number of hydrogen-bond donors (Lipinski definition) is 1. The lowest BCUT2D eigenvalue weighted by Crippen LogP contribution is -2.10. The maximum Gasteiger partial charge on any atom is 0.270 e. The Balaban J connectivity index is 2.25. The first-order valence-electron chi connectivity index (χ1n) is 6.04. The quantitative estimate of drug-likeness (QED) is 0.631. The van der Waals surface area contributed by atoms with Crippen molar-refractivity contribution in [2.75, 3.05) is 5.32 Å². The summed E-state index contributed by atoms with van der Waals surface area (Å²) in [4.78, 5) is 10.2. The zero-order chi connectivity index (χ0) is 15.6. The van der Waals surface area contributed by atoms with E-state index in [9.17, 15) is 18.9 Å². The molecular formula is C14H11BrF2N2O2. The fraction of sp³-hybridized carbons (Fsp3) is 0.143. The molecule has 1 unspecified atom stereocenters. The van der Waals surface area contributed by atoms with Crippen molar-refractivity contribution in [1.29, 1.82) is 0 Å². The van der Waals surface area contributed by atoms with Crippen molar-refractivity contribution in [2.45, 2.75) is 13.0 Å². The highest BCUT2D eigenvalue weighted by atomic mass is 79.9. The van der Waals surface area contributed by atoms with Gasteiger partial charge in [0.05, 0.1) is 11.0 Å². The molecule has 0 spiro atoms. The lowest BCUT2D eigenvalue weighted by atomic mass is 10.1. The van der Waals surface area contributed by atoms with Gasteiger partial charge in [-0.3, -0.25) is 10.1 Å². The summed E-state index contributed by atoms with van der Waals surface area (Å²) in [6.07, 6.45) is 0. The molecule has 0 aliphatic carbocycles. The van der Waals surface area contributed by atoms with Crippen molar-refractivity contribution in [3.63, 3.8) is 0 Å². The second kappa shape index (κ2) is 6.17. The molecule has 0 fully saturated rings. The summed E-state index contributed by atoms with van der Waals surface area (Å²) in [6.45, 7) is 1.67. The third-order valence-corrected chi connectivity index (χ3v) is 3.64. The molecule has 0 saturated heterocycles. The molecule has 0 saturated carbocycles. The van der Waals surface area contributed by atoms with E-state index >= 15 is 0 Å². The van der Waals surface area contributed by atoms with Crippen molar-refractivity contribution in [3.8, 4) is 0 Å². The maximum absolute atomic E-state index is 13.7. The first-order valence-corrected chi connectivity index (χ1v) is 6.84. The van der Waals surface area contributed by atoms with E-state index in [1.807, 2.05) is 0 Å². The van der Waals surface area contributed by atoms with Crippen LogP contribution in [0.1, 0.15) is 18.5 Å². The second-order valence-electron chi connectivity index (χ2n) is 4.43. The van der Waals surface area contributed by atoms with E-state index < -0.39 is 22.6 Å². The fourth-order valence-electron chi connectivity index (χ4n) is 1.90. The first kappa shape index (κ1) is 15.4. The Bertz CT molecular complexity index is 695. The SMILES string of the molecule is CC(Nc1ccc([N+](=O)[O-])cc1Br)c1cccc(F)c1F. The number of anilines is 1. The molecule has 7 heteroatoms. The number of non-ortho nitro benzene ring substituents is 1. The molecule has 0 radical (unpaired) electrons. The molecule has 0 heterocycles. The number of nitrogens with zero attached hydrogens (tertiary/aromatic N) is 1. The monoisotopic (exact) mass is 356 g/mol. The molecule has 2 rings (SSSR count). The van der Waals surface area contributed by atoms with Crippen LogP contribution in [0.5, 0.6) is 0 Å². The minimum atomic E-state index is -0.913. The molecule has 0 amide bonds. The third-order valence-electron chi connectivity index (χ3n) is 2.98. The molecule has 2 aromatic carbocycles. The van der Waals surface area contributed by atoms with Gasteiger partial charge in [0.25, 0.3) is 5.69 Å². The lowest BCUT2D eigenvalue weighted by Gasteiger charge is -2.17. The normalized spacial score (nSPS) is 12.0. The van der Waals surface area contributed by atoms with Crippen LogP contribution in [0.4, 0.5) is 20.2 Å². The van der Waals surface area contributed by atoms with Crippen molar-refractivity contribution < 1.29 is 13.7 Å². The van der Waals surface area contributed by atoms with Gasteiger partial charge in [0.2, 0.25) is 0 Å². The molecule has 2 aromatic rings. The lowest BCUT2D eigenvalue weighted by molar-refractivity contribution is -0.384. The first-order chi connectivity index (χ1) is 9.90. The van der Waals surface area contributed by atoms with Gasteiger partial charge >= 0.3 is 0 Å². The minimum Gasteiger partial charge on any atom is -0.377 e. The van der Waals surface area contributed by atoms with E-state index in [-0.39, 0.29) is 11.3 Å². The van der Waals surface area contributed by atoms with E-state index in [0.717, 1.165) is 6.07 Å². The van der Waals surface area contributed by atoms with Gasteiger partial charge < -0.3 is 5.32 Å². The fourth-order valence-corrected chi connectivity index (χ4v) is 2.38. The predicted molar refractivity (Wildman–Crippen MR) is 79.2 cm³/mol. The Kier molecular flexibility index (Phi) is 4.52. The van der Waals surface area contributed by atoms with Gasteiger partial charge in [-0.2, -0.15) is 0 Å². The molecule has 1 atom stereocenters. The molecule has 0 aliphatic rings. The Morgan fingerprint density at radius 1 is 1.29 bits per heavy atom. The van der Waals surface area contributed by atoms with Crippen molar-refractivity contribution in [1.82, 2.24) is 0 Å². The Labute approximate surface area is 128 Å².